The first-order valence-electron chi connectivity index (χ1n) is 15.8. The third-order valence-corrected chi connectivity index (χ3v) is 9.69. The first kappa shape index (κ1) is 30.5. The highest BCUT2D eigenvalue weighted by atomic mass is 16.7. The van der Waals surface area contributed by atoms with E-state index in [0.29, 0.717) is 13.2 Å². The summed E-state index contributed by atoms with van der Waals surface area (Å²) in [4.78, 5) is 25.1. The quantitative estimate of drug-likeness (QED) is 0.0951. The number of carbonyl (C=O) groups is 2. The number of rotatable bonds is 16. The van der Waals surface area contributed by atoms with Gasteiger partial charge in [0.15, 0.2) is 12.6 Å². The lowest BCUT2D eigenvalue weighted by Gasteiger charge is -2.57. The van der Waals surface area contributed by atoms with Crippen molar-refractivity contribution in [1.29, 1.82) is 0 Å². The Morgan fingerprint density at radius 3 is 2.26 bits per heavy atom. The van der Waals surface area contributed by atoms with E-state index < -0.39 is 5.97 Å². The number of benzene rings is 2. The first-order valence-corrected chi connectivity index (χ1v) is 15.8. The number of unbranched alkanes of at least 4 members (excludes halogenated alkanes) is 3. The molecule has 0 saturated heterocycles. The number of ketones is 1. The third kappa shape index (κ3) is 7.15. The van der Waals surface area contributed by atoms with Gasteiger partial charge in [-0.25, -0.2) is 4.79 Å². The molecule has 0 radical (unpaired) electrons. The highest BCUT2D eigenvalue weighted by Crippen LogP contribution is 2.62. The maximum absolute atomic E-state index is 13.9. The van der Waals surface area contributed by atoms with Crippen LogP contribution in [0.25, 0.3) is 6.08 Å². The van der Waals surface area contributed by atoms with Gasteiger partial charge in [0.1, 0.15) is 5.75 Å². The van der Waals surface area contributed by atoms with E-state index in [1.54, 1.807) is 43.5 Å². The van der Waals surface area contributed by atoms with E-state index in [4.69, 9.17) is 14.2 Å². The minimum atomic E-state index is -0.960. The lowest BCUT2D eigenvalue weighted by Crippen LogP contribution is -2.48. The van der Waals surface area contributed by atoms with Crippen LogP contribution in [-0.4, -0.2) is 44.0 Å². The molecule has 4 aliphatic carbocycles. The number of aryl methyl sites for hydroxylation is 1. The van der Waals surface area contributed by atoms with E-state index in [1.807, 2.05) is 0 Å². The van der Waals surface area contributed by atoms with Gasteiger partial charge in [-0.05, 0) is 116 Å². The normalized spacial score (nSPS) is 24.4. The van der Waals surface area contributed by atoms with Crippen molar-refractivity contribution in [3.8, 4) is 5.75 Å². The van der Waals surface area contributed by atoms with Gasteiger partial charge in [0.2, 0.25) is 0 Å². The summed E-state index contributed by atoms with van der Waals surface area (Å²) in [6.07, 6.45) is 16.3. The summed E-state index contributed by atoms with van der Waals surface area (Å²) in [5.41, 5.74) is 4.08. The Morgan fingerprint density at radius 2 is 1.64 bits per heavy atom. The monoisotopic (exact) mass is 574 g/mol. The van der Waals surface area contributed by atoms with Crippen molar-refractivity contribution in [3.63, 3.8) is 0 Å². The molecule has 0 aromatic heterocycles. The van der Waals surface area contributed by atoms with Crippen LogP contribution >= 0.6 is 0 Å². The summed E-state index contributed by atoms with van der Waals surface area (Å²) in [6, 6.07) is 10.9. The molecule has 0 amide bonds. The smallest absolute Gasteiger partial charge is 0.335 e. The molecule has 0 heterocycles. The van der Waals surface area contributed by atoms with Crippen LogP contribution in [0.1, 0.15) is 109 Å². The second kappa shape index (κ2) is 14.0. The summed E-state index contributed by atoms with van der Waals surface area (Å²) in [7, 11) is 1.66. The van der Waals surface area contributed by atoms with Gasteiger partial charge in [-0.2, -0.15) is 0 Å². The number of hydrogen-bond donors (Lipinski definition) is 1. The molecule has 2 aromatic rings. The number of ether oxygens (including phenoxy) is 3. The Morgan fingerprint density at radius 1 is 0.952 bits per heavy atom. The van der Waals surface area contributed by atoms with Gasteiger partial charge in [-0.3, -0.25) is 4.79 Å². The van der Waals surface area contributed by atoms with Gasteiger partial charge in [-0.1, -0.05) is 44.4 Å². The second-order valence-electron chi connectivity index (χ2n) is 12.8. The van der Waals surface area contributed by atoms with Crippen molar-refractivity contribution < 1.29 is 28.9 Å². The number of methoxy groups -OCH3 is 1. The summed E-state index contributed by atoms with van der Waals surface area (Å²) in [5, 5.41) is 9.21. The van der Waals surface area contributed by atoms with E-state index in [1.165, 1.54) is 50.5 Å². The van der Waals surface area contributed by atoms with Gasteiger partial charge in [0.05, 0.1) is 18.8 Å². The molecule has 6 nitrogen and oxygen atoms in total. The van der Waals surface area contributed by atoms with Crippen molar-refractivity contribution in [3.05, 3.63) is 70.3 Å². The average molecular weight is 575 g/mol. The van der Waals surface area contributed by atoms with Crippen LogP contribution < -0.4 is 4.74 Å². The van der Waals surface area contributed by atoms with Crippen LogP contribution in [0.5, 0.6) is 5.75 Å². The van der Waals surface area contributed by atoms with Crippen LogP contribution in [-0.2, 0) is 21.3 Å². The van der Waals surface area contributed by atoms with Crippen molar-refractivity contribution in [2.45, 2.75) is 83.0 Å². The number of carbonyl (C=O) groups excluding carboxylic acids is 1. The molecule has 4 saturated carbocycles. The molecule has 0 aliphatic heterocycles. The molecule has 6 heteroatoms. The number of allylic oxidation sites excluding steroid dienone is 1. The zero-order valence-electron chi connectivity index (χ0n) is 25.2. The summed E-state index contributed by atoms with van der Waals surface area (Å²) in [5.74, 6) is 2.20. The largest absolute Gasteiger partial charge is 0.478 e. The highest BCUT2D eigenvalue weighted by Gasteiger charge is 2.52. The van der Waals surface area contributed by atoms with E-state index in [-0.39, 0.29) is 23.6 Å². The zero-order chi connectivity index (χ0) is 29.5. The molecule has 4 fully saturated rings. The predicted octanol–water partition coefficient (Wildman–Crippen LogP) is 7.87. The number of carboxylic acid groups (broad SMARTS) is 1. The lowest BCUT2D eigenvalue weighted by atomic mass is 9.48. The Kier molecular flexibility index (Phi) is 10.2. The highest BCUT2D eigenvalue weighted by molar-refractivity contribution is 6.08. The standard InChI is InChI=1S/C36H46O6/c1-3-4-5-6-7-30-19-34(42-24-41-15-14-40-2)32(36-21-26-16-27(22-36)18-28(17-26)23-36)20-31(30)33(37)13-10-25-8-11-29(12-9-25)35(38)39/h8-13,19-20,26-28H,3-7,14-18,21-24H2,1-2H3,(H,38,39)/b13-10+. The Bertz CT molecular complexity index is 1230. The fraction of sp³-hybridized carbons (Fsp3) is 0.556. The average Bonchev–Trinajstić information content (AvgIpc) is 2.97. The van der Waals surface area contributed by atoms with Crippen LogP contribution in [0.15, 0.2) is 42.5 Å². The van der Waals surface area contributed by atoms with E-state index >= 15 is 0 Å². The molecule has 1 N–H and O–H groups in total. The van der Waals surface area contributed by atoms with Crippen LogP contribution in [0.4, 0.5) is 0 Å². The van der Waals surface area contributed by atoms with E-state index in [0.717, 1.165) is 65.9 Å². The maximum Gasteiger partial charge on any atom is 0.335 e. The van der Waals surface area contributed by atoms with Crippen molar-refractivity contribution >= 4 is 17.8 Å². The SMILES string of the molecule is CCCCCCc1cc(OCOCCOC)c(C23CC4CC(CC(C4)C2)C3)cc1C(=O)/C=C/c1ccc(C(=O)O)cc1. The second-order valence-corrected chi connectivity index (χ2v) is 12.8. The lowest BCUT2D eigenvalue weighted by molar-refractivity contribution is -0.0190. The van der Waals surface area contributed by atoms with E-state index in [9.17, 15) is 14.7 Å². The van der Waals surface area contributed by atoms with Crippen molar-refractivity contribution in [2.24, 2.45) is 17.8 Å². The van der Waals surface area contributed by atoms with E-state index in [2.05, 4.69) is 19.1 Å². The third-order valence-electron chi connectivity index (χ3n) is 9.69. The molecule has 0 atom stereocenters. The minimum Gasteiger partial charge on any atom is -0.478 e. The molecular weight excluding hydrogens is 528 g/mol. The molecular formula is C36H46O6. The molecule has 0 unspecified atom stereocenters. The topological polar surface area (TPSA) is 82.1 Å². The fourth-order valence-electron chi connectivity index (χ4n) is 8.08. The molecule has 0 spiro atoms. The molecule has 42 heavy (non-hydrogen) atoms. The van der Waals surface area contributed by atoms with Crippen molar-refractivity contribution in [1.82, 2.24) is 0 Å². The fourth-order valence-corrected chi connectivity index (χ4v) is 8.08. The molecule has 6 rings (SSSR count). The number of aromatic carboxylic acids is 1. The predicted molar refractivity (Wildman–Crippen MR) is 164 cm³/mol. The van der Waals surface area contributed by atoms with Crippen molar-refractivity contribution in [2.75, 3.05) is 27.1 Å². The Balaban J connectivity index is 1.48. The molecule has 226 valence electrons. The van der Waals surface area contributed by atoms with Gasteiger partial charge < -0.3 is 19.3 Å². The molecule has 2 aromatic carbocycles. The molecule has 4 bridgehead atoms. The van der Waals surface area contributed by atoms with Gasteiger partial charge in [0, 0.05) is 18.2 Å². The maximum atomic E-state index is 13.9. The summed E-state index contributed by atoms with van der Waals surface area (Å²) < 4.78 is 17.2. The first-order chi connectivity index (χ1) is 20.4. The zero-order valence-corrected chi connectivity index (χ0v) is 25.2. The minimum absolute atomic E-state index is 0.0170. The van der Waals surface area contributed by atoms with Crippen LogP contribution in [0, 0.1) is 17.8 Å². The Hall–Kier alpha value is -2.96. The number of hydrogen-bond acceptors (Lipinski definition) is 5. The number of carboxylic acids is 1. The summed E-state index contributed by atoms with van der Waals surface area (Å²) >= 11 is 0. The van der Waals surface area contributed by atoms with Gasteiger partial charge in [-0.15, -0.1) is 0 Å². The summed E-state index contributed by atoms with van der Waals surface area (Å²) in [6.45, 7) is 3.37. The van der Waals surface area contributed by atoms with Gasteiger partial charge in [0.25, 0.3) is 0 Å². The van der Waals surface area contributed by atoms with Crippen LogP contribution in [0.2, 0.25) is 0 Å². The van der Waals surface area contributed by atoms with Crippen LogP contribution in [0.3, 0.4) is 0 Å². The Labute approximate surface area is 250 Å². The molecule has 4 aliphatic rings. The van der Waals surface area contributed by atoms with Gasteiger partial charge >= 0.3 is 5.97 Å².